The smallest absolute Gasteiger partial charge is 0.253 e. The Balaban J connectivity index is 1.83. The van der Waals surface area contributed by atoms with Gasteiger partial charge in [0.15, 0.2) is 0 Å². The number of aryl methyl sites for hydroxylation is 1. The largest absolute Gasteiger partial charge is 0.351 e. The molecule has 1 fully saturated rings. The number of benzene rings is 1. The van der Waals surface area contributed by atoms with Crippen LogP contribution in [-0.4, -0.2) is 25.2 Å². The zero-order valence-electron chi connectivity index (χ0n) is 14.4. The van der Waals surface area contributed by atoms with E-state index >= 15 is 0 Å². The predicted octanol–water partition coefficient (Wildman–Crippen LogP) is 3.22. The van der Waals surface area contributed by atoms with E-state index in [9.17, 15) is 13.2 Å². The van der Waals surface area contributed by atoms with Gasteiger partial charge in [0.2, 0.25) is 5.91 Å². The second-order valence-electron chi connectivity index (χ2n) is 6.31. The van der Waals surface area contributed by atoms with Crippen LogP contribution in [0.25, 0.3) is 0 Å². The van der Waals surface area contributed by atoms with Gasteiger partial charge in [-0.15, -0.1) is 11.3 Å². The van der Waals surface area contributed by atoms with Crippen LogP contribution in [0, 0.1) is 6.92 Å². The molecule has 1 atom stereocenters. The van der Waals surface area contributed by atoms with Gasteiger partial charge < -0.3 is 5.32 Å². The summed E-state index contributed by atoms with van der Waals surface area (Å²) in [6.45, 7) is 4.37. The van der Waals surface area contributed by atoms with Crippen LogP contribution in [0.5, 0.6) is 0 Å². The van der Waals surface area contributed by atoms with Gasteiger partial charge in [-0.05, 0) is 37.5 Å². The summed E-state index contributed by atoms with van der Waals surface area (Å²) in [6.07, 6.45) is 1.70. The first-order valence-corrected chi connectivity index (χ1v) is 10.5. The van der Waals surface area contributed by atoms with Gasteiger partial charge in [-0.1, -0.05) is 29.8 Å². The minimum absolute atomic E-state index is 0.105. The van der Waals surface area contributed by atoms with E-state index in [2.05, 4.69) is 5.32 Å². The Morgan fingerprint density at radius 1 is 1.24 bits per heavy atom. The number of hydrogen-bond acceptors (Lipinski definition) is 4. The molecule has 1 aromatic heterocycles. The number of carbonyl (C=O) groups excluding carboxylic acids is 1. The number of hydrogen-bond donors (Lipinski definition) is 1. The number of thiophene rings is 1. The Bertz CT molecular complexity index is 857. The monoisotopic (exact) mass is 378 g/mol. The van der Waals surface area contributed by atoms with Gasteiger partial charge in [0.25, 0.3) is 10.0 Å². The summed E-state index contributed by atoms with van der Waals surface area (Å²) in [6, 6.07) is 11.4. The zero-order valence-corrected chi connectivity index (χ0v) is 16.0. The highest BCUT2D eigenvalue weighted by atomic mass is 32.2. The maximum Gasteiger partial charge on any atom is 0.253 e. The lowest BCUT2D eigenvalue weighted by Crippen LogP contribution is -2.30. The van der Waals surface area contributed by atoms with Crippen molar-refractivity contribution >= 4 is 27.3 Å². The first-order valence-electron chi connectivity index (χ1n) is 8.29. The normalized spacial score (nSPS) is 18.4. The van der Waals surface area contributed by atoms with Crippen LogP contribution in [0.15, 0.2) is 40.6 Å². The van der Waals surface area contributed by atoms with Crippen molar-refractivity contribution in [1.29, 1.82) is 0 Å². The Kier molecular flexibility index (Phi) is 5.27. The maximum absolute atomic E-state index is 13.1. The number of nitrogens with one attached hydrogen (secondary N) is 1. The molecule has 1 aliphatic heterocycles. The number of rotatable bonds is 5. The summed E-state index contributed by atoms with van der Waals surface area (Å²) in [4.78, 5) is 11.9. The molecule has 0 spiro atoms. The van der Waals surface area contributed by atoms with E-state index in [0.717, 1.165) is 28.8 Å². The van der Waals surface area contributed by atoms with Gasteiger partial charge in [0.05, 0.1) is 12.6 Å². The van der Waals surface area contributed by atoms with Crippen molar-refractivity contribution in [2.75, 3.05) is 6.54 Å². The predicted molar refractivity (Wildman–Crippen MR) is 98.9 cm³/mol. The highest BCUT2D eigenvalue weighted by Gasteiger charge is 2.36. The second-order valence-corrected chi connectivity index (χ2v) is 9.60. The topological polar surface area (TPSA) is 66.5 Å². The van der Waals surface area contributed by atoms with Crippen molar-refractivity contribution in [2.24, 2.45) is 0 Å². The Labute approximate surface area is 152 Å². The highest BCUT2D eigenvalue weighted by Crippen LogP contribution is 2.38. The average Bonchev–Trinajstić information content (AvgIpc) is 3.23. The molecule has 0 aliphatic carbocycles. The number of nitrogens with zero attached hydrogens (tertiary/aromatic N) is 1. The summed E-state index contributed by atoms with van der Waals surface area (Å²) in [5.41, 5.74) is 2.21. The van der Waals surface area contributed by atoms with E-state index in [1.165, 1.54) is 18.3 Å². The minimum atomic E-state index is -3.52. The lowest BCUT2D eigenvalue weighted by Gasteiger charge is -2.23. The van der Waals surface area contributed by atoms with Crippen molar-refractivity contribution in [2.45, 2.75) is 43.5 Å². The summed E-state index contributed by atoms with van der Waals surface area (Å²) in [7, 11) is -3.52. The number of amides is 1. The molecule has 1 amide bonds. The molecule has 134 valence electrons. The lowest BCUT2D eigenvalue weighted by molar-refractivity contribution is -0.119. The van der Waals surface area contributed by atoms with Crippen LogP contribution in [0.2, 0.25) is 0 Å². The molecule has 2 heterocycles. The van der Waals surface area contributed by atoms with Crippen LogP contribution in [-0.2, 0) is 21.4 Å². The molecule has 7 heteroatoms. The van der Waals surface area contributed by atoms with E-state index in [1.54, 1.807) is 16.4 Å². The Hall–Kier alpha value is -1.70. The first-order chi connectivity index (χ1) is 11.9. The summed E-state index contributed by atoms with van der Waals surface area (Å²) in [5.74, 6) is -0.128. The van der Waals surface area contributed by atoms with Crippen molar-refractivity contribution in [1.82, 2.24) is 9.62 Å². The van der Waals surface area contributed by atoms with E-state index in [0.29, 0.717) is 17.3 Å². The minimum Gasteiger partial charge on any atom is -0.351 e. The molecule has 5 nitrogen and oxygen atoms in total. The van der Waals surface area contributed by atoms with Crippen LogP contribution >= 0.6 is 11.3 Å². The molecule has 25 heavy (non-hydrogen) atoms. The number of carbonyl (C=O) groups is 1. The van der Waals surface area contributed by atoms with Gasteiger partial charge in [-0.3, -0.25) is 4.79 Å². The third-order valence-electron chi connectivity index (χ3n) is 4.38. The van der Waals surface area contributed by atoms with Gasteiger partial charge >= 0.3 is 0 Å². The lowest BCUT2D eigenvalue weighted by atomic mass is 10.0. The average molecular weight is 379 g/mol. The Morgan fingerprint density at radius 3 is 2.64 bits per heavy atom. The zero-order chi connectivity index (χ0) is 18.0. The van der Waals surface area contributed by atoms with E-state index in [-0.39, 0.29) is 11.9 Å². The summed E-state index contributed by atoms with van der Waals surface area (Å²) >= 11 is 1.22. The van der Waals surface area contributed by atoms with Crippen molar-refractivity contribution in [3.8, 4) is 0 Å². The molecule has 1 N–H and O–H groups in total. The third kappa shape index (κ3) is 3.94. The van der Waals surface area contributed by atoms with E-state index < -0.39 is 10.0 Å². The second kappa shape index (κ2) is 7.27. The van der Waals surface area contributed by atoms with Crippen LogP contribution in [0.3, 0.4) is 0 Å². The van der Waals surface area contributed by atoms with Crippen LogP contribution < -0.4 is 5.32 Å². The van der Waals surface area contributed by atoms with E-state index in [4.69, 9.17) is 0 Å². The van der Waals surface area contributed by atoms with Crippen molar-refractivity contribution in [3.63, 3.8) is 0 Å². The molecule has 1 aliphatic rings. The molecule has 0 radical (unpaired) electrons. The van der Waals surface area contributed by atoms with Gasteiger partial charge in [-0.2, -0.15) is 4.31 Å². The number of sulfonamides is 1. The van der Waals surface area contributed by atoms with Gasteiger partial charge in [0, 0.05) is 18.3 Å². The fraction of sp³-hybridized carbons (Fsp3) is 0.389. The molecule has 0 bridgehead atoms. The fourth-order valence-electron chi connectivity index (χ4n) is 3.07. The Morgan fingerprint density at radius 2 is 1.96 bits per heavy atom. The summed E-state index contributed by atoms with van der Waals surface area (Å²) in [5, 5.41) is 2.70. The molecule has 1 saturated heterocycles. The quantitative estimate of drug-likeness (QED) is 0.869. The molecule has 0 saturated carbocycles. The molecular formula is C18H22N2O3S2. The first kappa shape index (κ1) is 18.1. The maximum atomic E-state index is 13.1. The van der Waals surface area contributed by atoms with Gasteiger partial charge in [-0.25, -0.2) is 8.42 Å². The molecular weight excluding hydrogens is 356 g/mol. The van der Waals surface area contributed by atoms with E-state index in [1.807, 2.05) is 31.2 Å². The highest BCUT2D eigenvalue weighted by molar-refractivity contribution is 7.91. The standard InChI is InChI=1S/C18H22N2O3S2/c1-13-5-7-15(8-6-13)17-4-3-11-20(17)25(22,23)18-10-9-16(24-18)12-19-14(2)21/h5-10,17H,3-4,11-12H2,1-2H3,(H,19,21). The molecule has 3 rings (SSSR count). The van der Waals surface area contributed by atoms with Crippen LogP contribution in [0.1, 0.15) is 41.8 Å². The van der Waals surface area contributed by atoms with Gasteiger partial charge in [0.1, 0.15) is 4.21 Å². The fourth-order valence-corrected chi connectivity index (χ4v) is 6.18. The third-order valence-corrected chi connectivity index (χ3v) is 7.84. The SMILES string of the molecule is CC(=O)NCc1ccc(S(=O)(=O)N2CCCC2c2ccc(C)cc2)s1. The summed E-state index contributed by atoms with van der Waals surface area (Å²) < 4.78 is 28.1. The molecule has 1 aromatic carbocycles. The molecule has 1 unspecified atom stereocenters. The van der Waals surface area contributed by atoms with Crippen LogP contribution in [0.4, 0.5) is 0 Å². The molecule has 2 aromatic rings. The van der Waals surface area contributed by atoms with Crippen molar-refractivity contribution < 1.29 is 13.2 Å². The van der Waals surface area contributed by atoms with Crippen molar-refractivity contribution in [3.05, 3.63) is 52.4 Å².